The van der Waals surface area contributed by atoms with E-state index in [1.54, 1.807) is 3.97 Å². The van der Waals surface area contributed by atoms with E-state index in [4.69, 9.17) is 0 Å². The van der Waals surface area contributed by atoms with Gasteiger partial charge in [-0.15, -0.1) is 3.97 Å². The number of halogens is 1. The van der Waals surface area contributed by atoms with E-state index >= 15 is 0 Å². The third kappa shape index (κ3) is 2.52. The summed E-state index contributed by atoms with van der Waals surface area (Å²) in [6, 6.07) is 5.80. The first-order chi connectivity index (χ1) is 3.39. The van der Waals surface area contributed by atoms with E-state index in [0.717, 1.165) is 0 Å². The second-order valence-electron chi connectivity index (χ2n) is 1.26. The monoisotopic (exact) mass is 239 g/mol. The molecule has 0 aliphatic rings. The van der Waals surface area contributed by atoms with Gasteiger partial charge >= 0.3 is 0 Å². The van der Waals surface area contributed by atoms with Crippen LogP contribution in [0.2, 0.25) is 0 Å². The summed E-state index contributed by atoms with van der Waals surface area (Å²) in [5.41, 5.74) is 0. The third-order valence-corrected chi connectivity index (χ3v) is 0.966. The molecule has 1 aromatic rings. The first kappa shape index (κ1) is 8.23. The molecule has 0 aliphatic carbocycles. The molecule has 0 atom stereocenters. The molecular weight excluding hydrogens is 233 g/mol. The van der Waals surface area contributed by atoms with Crippen molar-refractivity contribution in [1.29, 1.82) is 0 Å². The summed E-state index contributed by atoms with van der Waals surface area (Å²) >= 11 is 4.00. The van der Waals surface area contributed by atoms with Crippen LogP contribution in [0.15, 0.2) is 30.6 Å². The van der Waals surface area contributed by atoms with Crippen LogP contribution in [-0.2, 0) is 0 Å². The van der Waals surface area contributed by atoms with Gasteiger partial charge in [-0.25, -0.2) is 0 Å². The first-order valence-electron chi connectivity index (χ1n) is 2.05. The van der Waals surface area contributed by atoms with Gasteiger partial charge in [0.15, 0.2) is 12.4 Å². The van der Waals surface area contributed by atoms with Gasteiger partial charge in [-0.2, -0.15) is 0 Å². The number of aromatic nitrogens is 1. The van der Waals surface area contributed by atoms with E-state index in [1.165, 1.54) is 0 Å². The molecule has 44 valence electrons. The molecule has 0 N–H and O–H groups in total. The lowest BCUT2D eigenvalue weighted by molar-refractivity contribution is -0.489. The van der Waals surface area contributed by atoms with Crippen LogP contribution in [0.25, 0.3) is 0 Å². The van der Waals surface area contributed by atoms with Gasteiger partial charge in [0.1, 0.15) is 12.8 Å². The maximum absolute atomic E-state index is 4.00. The Morgan fingerprint density at radius 1 is 1.00 bits per heavy atom. The predicted molar refractivity (Wildman–Crippen MR) is 31.0 cm³/mol. The topological polar surface area (TPSA) is 3.88 Å². The maximum atomic E-state index is 4.00. The zero-order chi connectivity index (χ0) is 5.11. The summed E-state index contributed by atoms with van der Waals surface area (Å²) in [6.07, 6.45) is 3.73. The summed E-state index contributed by atoms with van der Waals surface area (Å²) in [5, 5.41) is 0. The highest BCUT2D eigenvalue weighted by molar-refractivity contribution is 7.73. The molecule has 8 heavy (non-hydrogen) atoms. The van der Waals surface area contributed by atoms with E-state index in [9.17, 15) is 0 Å². The maximum Gasteiger partial charge on any atom is 0.183 e. The van der Waals surface area contributed by atoms with Crippen molar-refractivity contribution in [2.45, 2.75) is 0 Å². The Labute approximate surface area is 71.3 Å². The fourth-order valence-electron chi connectivity index (χ4n) is 0.390. The SMILES string of the molecule is S[n+]1ccccc1.[I-]. The van der Waals surface area contributed by atoms with Crippen molar-refractivity contribution in [3.63, 3.8) is 0 Å². The van der Waals surface area contributed by atoms with Crippen LogP contribution in [0.3, 0.4) is 0 Å². The standard InChI is InChI=1S/C5H6NS.HI/c7-6-4-2-1-3-5-6;/h1-5,7H;1H/q+1;/p-1. The van der Waals surface area contributed by atoms with Crippen molar-refractivity contribution in [2.75, 3.05) is 0 Å². The Morgan fingerprint density at radius 2 is 1.50 bits per heavy atom. The van der Waals surface area contributed by atoms with Crippen LogP contribution in [0.1, 0.15) is 0 Å². The lowest BCUT2D eigenvalue weighted by Crippen LogP contribution is -3.00. The molecule has 3 heteroatoms. The van der Waals surface area contributed by atoms with Crippen LogP contribution in [0.5, 0.6) is 0 Å². The van der Waals surface area contributed by atoms with Gasteiger partial charge in [0.25, 0.3) is 0 Å². The highest BCUT2D eigenvalue weighted by Crippen LogP contribution is 1.75. The molecule has 0 unspecified atom stereocenters. The van der Waals surface area contributed by atoms with Gasteiger partial charge in [0, 0.05) is 12.1 Å². The van der Waals surface area contributed by atoms with Gasteiger partial charge in [0.05, 0.1) is 0 Å². The Morgan fingerprint density at radius 3 is 1.75 bits per heavy atom. The molecule has 0 spiro atoms. The van der Waals surface area contributed by atoms with Crippen molar-refractivity contribution in [1.82, 2.24) is 0 Å². The highest BCUT2D eigenvalue weighted by atomic mass is 127. The second-order valence-corrected chi connectivity index (χ2v) is 1.72. The highest BCUT2D eigenvalue weighted by Gasteiger charge is 1.80. The number of hydrogen-bond acceptors (Lipinski definition) is 1. The van der Waals surface area contributed by atoms with E-state index in [2.05, 4.69) is 12.8 Å². The summed E-state index contributed by atoms with van der Waals surface area (Å²) in [6.45, 7) is 0. The summed E-state index contributed by atoms with van der Waals surface area (Å²) < 4.78 is 1.69. The molecule has 0 fully saturated rings. The van der Waals surface area contributed by atoms with Crippen molar-refractivity contribution in [2.24, 2.45) is 0 Å². The largest absolute Gasteiger partial charge is 1.00 e. The molecule has 0 aliphatic heterocycles. The normalized spacial score (nSPS) is 7.62. The quantitative estimate of drug-likeness (QED) is 0.294. The minimum Gasteiger partial charge on any atom is -1.00 e. The van der Waals surface area contributed by atoms with Gasteiger partial charge in [-0.3, -0.25) is 0 Å². The molecule has 0 bridgehead atoms. The number of nitrogens with zero attached hydrogens (tertiary/aromatic N) is 1. The molecule has 0 aromatic carbocycles. The molecule has 0 radical (unpaired) electrons. The second kappa shape index (κ2) is 4.14. The van der Waals surface area contributed by atoms with Crippen molar-refractivity contribution in [3.8, 4) is 0 Å². The van der Waals surface area contributed by atoms with Gasteiger partial charge in [-0.05, 0) is 0 Å². The van der Waals surface area contributed by atoms with E-state index < -0.39 is 0 Å². The Balaban J connectivity index is 0.000000490. The van der Waals surface area contributed by atoms with Gasteiger partial charge in [0.2, 0.25) is 0 Å². The van der Waals surface area contributed by atoms with Crippen molar-refractivity contribution < 1.29 is 27.9 Å². The predicted octanol–water partition coefficient (Wildman–Crippen LogP) is -2.33. The fourth-order valence-corrected chi connectivity index (χ4v) is 0.544. The zero-order valence-corrected chi connectivity index (χ0v) is 7.21. The molecule has 0 saturated heterocycles. The van der Waals surface area contributed by atoms with Gasteiger partial charge in [-0.1, -0.05) is 6.07 Å². The van der Waals surface area contributed by atoms with Gasteiger partial charge < -0.3 is 24.0 Å². The van der Waals surface area contributed by atoms with Crippen LogP contribution in [0, 0.1) is 0 Å². The van der Waals surface area contributed by atoms with Crippen LogP contribution >= 0.6 is 12.8 Å². The lowest BCUT2D eigenvalue weighted by Gasteiger charge is -1.74. The van der Waals surface area contributed by atoms with Crippen molar-refractivity contribution in [3.05, 3.63) is 30.6 Å². The van der Waals surface area contributed by atoms with E-state index in [0.29, 0.717) is 0 Å². The molecular formula is C5H6INS. The first-order valence-corrected chi connectivity index (χ1v) is 2.45. The minimum absolute atomic E-state index is 0. The van der Waals surface area contributed by atoms with Crippen LogP contribution < -0.4 is 27.9 Å². The third-order valence-electron chi connectivity index (χ3n) is 0.700. The summed E-state index contributed by atoms with van der Waals surface area (Å²) in [5.74, 6) is 0. The molecule has 1 heterocycles. The molecule has 0 saturated carbocycles. The number of thiol groups is 1. The Kier molecular flexibility index (Phi) is 4.26. The smallest absolute Gasteiger partial charge is 0.183 e. The Bertz CT molecular complexity index is 142. The molecule has 1 aromatic heterocycles. The van der Waals surface area contributed by atoms with E-state index in [-0.39, 0.29) is 24.0 Å². The van der Waals surface area contributed by atoms with Crippen LogP contribution in [-0.4, -0.2) is 0 Å². The molecule has 0 amide bonds. The fraction of sp³-hybridized carbons (Fsp3) is 0. The van der Waals surface area contributed by atoms with Crippen molar-refractivity contribution >= 4 is 12.8 Å². The average molecular weight is 239 g/mol. The molecule has 1 nitrogen and oxygen atoms in total. The summed E-state index contributed by atoms with van der Waals surface area (Å²) in [4.78, 5) is 0. The minimum atomic E-state index is 0. The molecule has 1 rings (SSSR count). The van der Waals surface area contributed by atoms with Crippen LogP contribution in [0.4, 0.5) is 0 Å². The number of hydrogen-bond donors (Lipinski definition) is 1. The zero-order valence-electron chi connectivity index (χ0n) is 4.16. The summed E-state index contributed by atoms with van der Waals surface area (Å²) in [7, 11) is 0. The van der Waals surface area contributed by atoms with E-state index in [1.807, 2.05) is 30.6 Å². The Hall–Kier alpha value is 0.230. The number of rotatable bonds is 0. The number of pyridine rings is 1. The average Bonchev–Trinajstić information content (AvgIpc) is 1.69. The lowest BCUT2D eigenvalue weighted by atomic mass is 10.5.